The highest BCUT2D eigenvalue weighted by Gasteiger charge is 2.05. The van der Waals surface area contributed by atoms with Gasteiger partial charge in [0.05, 0.1) is 15.6 Å². The summed E-state index contributed by atoms with van der Waals surface area (Å²) in [5.74, 6) is 0.952. The number of aromatic nitrogens is 4. The number of rotatable bonds is 3. The molecular weight excluding hydrogens is 331 g/mol. The SMILES string of the molecule is Cc1ncn(CCn2ccnc2C)c(=O)c1I. The Morgan fingerprint density at radius 2 is 1.94 bits per heavy atom. The highest BCUT2D eigenvalue weighted by atomic mass is 127. The summed E-state index contributed by atoms with van der Waals surface area (Å²) < 4.78 is 4.33. The van der Waals surface area contributed by atoms with Gasteiger partial charge in [0.25, 0.3) is 5.56 Å². The largest absolute Gasteiger partial charge is 0.333 e. The first-order valence-corrected chi connectivity index (χ1v) is 6.36. The first kappa shape index (κ1) is 12.3. The number of nitrogens with zero attached hydrogens (tertiary/aromatic N) is 4. The molecule has 0 spiro atoms. The van der Waals surface area contributed by atoms with Gasteiger partial charge in [-0.05, 0) is 36.4 Å². The third-order valence-corrected chi connectivity index (χ3v) is 3.90. The lowest BCUT2D eigenvalue weighted by Gasteiger charge is -2.08. The van der Waals surface area contributed by atoms with Gasteiger partial charge in [-0.15, -0.1) is 0 Å². The topological polar surface area (TPSA) is 52.7 Å². The minimum absolute atomic E-state index is 0.0240. The molecule has 0 N–H and O–H groups in total. The standard InChI is InChI=1S/C11H13IN4O/c1-8-10(12)11(17)16(7-14-8)6-5-15-4-3-13-9(15)2/h3-4,7H,5-6H2,1-2H3. The lowest BCUT2D eigenvalue weighted by Crippen LogP contribution is -2.26. The number of hydrogen-bond donors (Lipinski definition) is 0. The van der Waals surface area contributed by atoms with Gasteiger partial charge >= 0.3 is 0 Å². The van der Waals surface area contributed by atoms with Gasteiger partial charge in [0.15, 0.2) is 0 Å². The summed E-state index contributed by atoms with van der Waals surface area (Å²) in [7, 11) is 0. The summed E-state index contributed by atoms with van der Waals surface area (Å²) in [5, 5.41) is 0. The lowest BCUT2D eigenvalue weighted by molar-refractivity contribution is 0.546. The van der Waals surface area contributed by atoms with E-state index in [0.29, 0.717) is 10.1 Å². The molecule has 0 aliphatic carbocycles. The fraction of sp³-hybridized carbons (Fsp3) is 0.364. The van der Waals surface area contributed by atoms with Crippen LogP contribution in [0.3, 0.4) is 0 Å². The number of halogens is 1. The Morgan fingerprint density at radius 3 is 2.59 bits per heavy atom. The fourth-order valence-corrected chi connectivity index (χ4v) is 2.01. The Kier molecular flexibility index (Phi) is 3.60. The molecular formula is C11H13IN4O. The van der Waals surface area contributed by atoms with Gasteiger partial charge in [-0.25, -0.2) is 9.97 Å². The van der Waals surface area contributed by atoms with Crippen molar-refractivity contribution in [2.75, 3.05) is 0 Å². The van der Waals surface area contributed by atoms with Crippen LogP contribution in [0.2, 0.25) is 0 Å². The first-order chi connectivity index (χ1) is 8.09. The average Bonchev–Trinajstić information content (AvgIpc) is 2.71. The molecule has 5 nitrogen and oxygen atoms in total. The first-order valence-electron chi connectivity index (χ1n) is 5.29. The molecule has 0 unspecified atom stereocenters. The Morgan fingerprint density at radius 1 is 1.24 bits per heavy atom. The van der Waals surface area contributed by atoms with Crippen molar-refractivity contribution >= 4 is 22.6 Å². The molecule has 0 bridgehead atoms. The molecule has 0 saturated carbocycles. The molecule has 90 valence electrons. The maximum atomic E-state index is 11.9. The molecule has 17 heavy (non-hydrogen) atoms. The Hall–Kier alpha value is -1.18. The van der Waals surface area contributed by atoms with Crippen LogP contribution in [0.25, 0.3) is 0 Å². The molecule has 0 atom stereocenters. The quantitative estimate of drug-likeness (QED) is 0.791. The van der Waals surface area contributed by atoms with Crippen LogP contribution in [0.4, 0.5) is 0 Å². The van der Waals surface area contributed by atoms with Crippen LogP contribution in [-0.2, 0) is 13.1 Å². The van der Waals surface area contributed by atoms with E-state index in [1.54, 1.807) is 17.1 Å². The molecule has 0 saturated heterocycles. The summed E-state index contributed by atoms with van der Waals surface area (Å²) in [5.41, 5.74) is 0.807. The number of aryl methyl sites for hydroxylation is 4. The Labute approximate surface area is 113 Å². The zero-order chi connectivity index (χ0) is 12.4. The molecule has 2 heterocycles. The molecule has 2 rings (SSSR count). The zero-order valence-corrected chi connectivity index (χ0v) is 11.9. The van der Waals surface area contributed by atoms with E-state index in [4.69, 9.17) is 0 Å². The third kappa shape index (κ3) is 2.56. The van der Waals surface area contributed by atoms with Gasteiger partial charge in [-0.2, -0.15) is 0 Å². The number of imidazole rings is 1. The van der Waals surface area contributed by atoms with Crippen molar-refractivity contribution in [2.24, 2.45) is 0 Å². The summed E-state index contributed by atoms with van der Waals surface area (Å²) in [6, 6.07) is 0. The van der Waals surface area contributed by atoms with Crippen LogP contribution >= 0.6 is 22.6 Å². The van der Waals surface area contributed by atoms with E-state index in [1.165, 1.54) is 0 Å². The summed E-state index contributed by atoms with van der Waals surface area (Å²) in [6.45, 7) is 5.12. The van der Waals surface area contributed by atoms with Crippen molar-refractivity contribution in [3.8, 4) is 0 Å². The summed E-state index contributed by atoms with van der Waals surface area (Å²) in [4.78, 5) is 20.3. The smallest absolute Gasteiger partial charge is 0.267 e. The Bertz CT molecular complexity index is 587. The van der Waals surface area contributed by atoms with E-state index >= 15 is 0 Å². The second-order valence-electron chi connectivity index (χ2n) is 3.81. The molecule has 0 aliphatic heterocycles. The highest BCUT2D eigenvalue weighted by molar-refractivity contribution is 14.1. The Balaban J connectivity index is 2.18. The molecule has 2 aromatic heterocycles. The monoisotopic (exact) mass is 344 g/mol. The van der Waals surface area contributed by atoms with Crippen LogP contribution in [0, 0.1) is 17.4 Å². The van der Waals surface area contributed by atoms with E-state index in [-0.39, 0.29) is 5.56 Å². The van der Waals surface area contributed by atoms with Crippen molar-refractivity contribution in [2.45, 2.75) is 26.9 Å². The number of hydrogen-bond acceptors (Lipinski definition) is 3. The van der Waals surface area contributed by atoms with Crippen molar-refractivity contribution in [3.05, 3.63) is 44.2 Å². The normalized spacial score (nSPS) is 10.8. The van der Waals surface area contributed by atoms with Gasteiger partial charge in [0, 0.05) is 25.5 Å². The van der Waals surface area contributed by atoms with Crippen LogP contribution < -0.4 is 5.56 Å². The van der Waals surface area contributed by atoms with E-state index in [1.807, 2.05) is 47.2 Å². The third-order valence-electron chi connectivity index (χ3n) is 2.66. The van der Waals surface area contributed by atoms with Crippen molar-refractivity contribution in [1.82, 2.24) is 19.1 Å². The van der Waals surface area contributed by atoms with E-state index in [9.17, 15) is 4.79 Å². The van der Waals surface area contributed by atoms with Gasteiger partial charge in [0.1, 0.15) is 5.82 Å². The second-order valence-corrected chi connectivity index (χ2v) is 4.89. The fourth-order valence-electron chi connectivity index (χ4n) is 1.56. The average molecular weight is 344 g/mol. The van der Waals surface area contributed by atoms with E-state index in [2.05, 4.69) is 9.97 Å². The van der Waals surface area contributed by atoms with E-state index < -0.39 is 0 Å². The van der Waals surface area contributed by atoms with Crippen molar-refractivity contribution in [3.63, 3.8) is 0 Å². The molecule has 0 aromatic carbocycles. The summed E-state index contributed by atoms with van der Waals surface area (Å²) >= 11 is 2.04. The molecule has 0 aliphatic rings. The maximum absolute atomic E-state index is 11.9. The predicted molar refractivity (Wildman–Crippen MR) is 72.9 cm³/mol. The van der Waals surface area contributed by atoms with Crippen molar-refractivity contribution in [1.29, 1.82) is 0 Å². The molecule has 2 aromatic rings. The zero-order valence-electron chi connectivity index (χ0n) is 9.72. The van der Waals surface area contributed by atoms with Crippen LogP contribution in [0.15, 0.2) is 23.5 Å². The van der Waals surface area contributed by atoms with Gasteiger partial charge in [0.2, 0.25) is 0 Å². The lowest BCUT2D eigenvalue weighted by atomic mass is 10.4. The van der Waals surface area contributed by atoms with Gasteiger partial charge in [-0.3, -0.25) is 9.36 Å². The minimum Gasteiger partial charge on any atom is -0.333 e. The van der Waals surface area contributed by atoms with Crippen molar-refractivity contribution < 1.29 is 0 Å². The van der Waals surface area contributed by atoms with Gasteiger partial charge < -0.3 is 4.57 Å². The molecule has 0 fully saturated rings. The highest BCUT2D eigenvalue weighted by Crippen LogP contribution is 2.02. The molecule has 0 amide bonds. The second kappa shape index (κ2) is 4.99. The van der Waals surface area contributed by atoms with Gasteiger partial charge in [-0.1, -0.05) is 0 Å². The molecule has 0 radical (unpaired) electrons. The van der Waals surface area contributed by atoms with Crippen LogP contribution in [0.5, 0.6) is 0 Å². The van der Waals surface area contributed by atoms with E-state index in [0.717, 1.165) is 18.1 Å². The minimum atomic E-state index is 0.0240. The van der Waals surface area contributed by atoms with Crippen LogP contribution in [0.1, 0.15) is 11.5 Å². The molecule has 6 heteroatoms. The summed E-state index contributed by atoms with van der Waals surface area (Å²) in [6.07, 6.45) is 5.27. The predicted octanol–water partition coefficient (Wildman–Crippen LogP) is 1.36. The van der Waals surface area contributed by atoms with Crippen LogP contribution in [-0.4, -0.2) is 19.1 Å². The maximum Gasteiger partial charge on any atom is 0.267 e.